The molecule has 3 rings (SSSR count). The average Bonchev–Trinajstić information content (AvgIpc) is 2.74. The Morgan fingerprint density at radius 2 is 2.14 bits per heavy atom. The minimum Gasteiger partial charge on any atom is -0.379 e. The highest BCUT2D eigenvalue weighted by Crippen LogP contribution is 2.25. The quantitative estimate of drug-likeness (QED) is 0.659. The summed E-state index contributed by atoms with van der Waals surface area (Å²) < 4.78 is 5.35. The number of rotatable bonds is 9. The molecule has 0 spiro atoms. The molecule has 0 saturated carbocycles. The fourth-order valence-corrected chi connectivity index (χ4v) is 3.91. The Balaban J connectivity index is 1.37. The summed E-state index contributed by atoms with van der Waals surface area (Å²) in [6.07, 6.45) is 5.49. The molecule has 1 unspecified atom stereocenters. The van der Waals surface area contributed by atoms with Crippen LogP contribution >= 0.6 is 0 Å². The molecule has 0 aromatic carbocycles. The van der Waals surface area contributed by atoms with Crippen molar-refractivity contribution < 1.29 is 9.53 Å². The SMILES string of the molecule is CCNc1cc(N2CCCC(CCC(=O)NCCN3CCOCC3)C2)ncn1. The lowest BCUT2D eigenvalue weighted by Crippen LogP contribution is -2.41. The second-order valence-corrected chi connectivity index (χ2v) is 7.59. The molecule has 1 amide bonds. The van der Waals surface area contributed by atoms with Crippen molar-refractivity contribution in [3.8, 4) is 0 Å². The largest absolute Gasteiger partial charge is 0.379 e. The number of morpholine rings is 1. The first-order chi connectivity index (χ1) is 13.7. The third kappa shape index (κ3) is 6.60. The van der Waals surface area contributed by atoms with E-state index < -0.39 is 0 Å². The van der Waals surface area contributed by atoms with Gasteiger partial charge in [0, 0.05) is 58.3 Å². The van der Waals surface area contributed by atoms with Crippen LogP contribution in [0, 0.1) is 5.92 Å². The van der Waals surface area contributed by atoms with E-state index in [1.165, 1.54) is 6.42 Å². The Kier molecular flexibility index (Phi) is 8.29. The van der Waals surface area contributed by atoms with Gasteiger partial charge < -0.3 is 20.3 Å². The Bertz CT molecular complexity index is 608. The van der Waals surface area contributed by atoms with Crippen molar-refractivity contribution in [2.24, 2.45) is 5.92 Å². The highest BCUT2D eigenvalue weighted by molar-refractivity contribution is 5.75. The smallest absolute Gasteiger partial charge is 0.220 e. The molecule has 0 aliphatic carbocycles. The predicted octanol–water partition coefficient (Wildman–Crippen LogP) is 1.35. The molecule has 156 valence electrons. The number of aromatic nitrogens is 2. The van der Waals surface area contributed by atoms with Crippen LogP contribution in [0.15, 0.2) is 12.4 Å². The second-order valence-electron chi connectivity index (χ2n) is 7.59. The van der Waals surface area contributed by atoms with Gasteiger partial charge in [-0.1, -0.05) is 0 Å². The standard InChI is InChI=1S/C20H34N6O2/c1-2-21-18-14-19(24-16-23-18)26-8-3-4-17(15-26)5-6-20(27)22-7-9-25-10-12-28-13-11-25/h14,16-17H,2-13,15H2,1H3,(H,22,27)(H,21,23,24). The van der Waals surface area contributed by atoms with E-state index in [4.69, 9.17) is 4.74 Å². The zero-order valence-electron chi connectivity index (χ0n) is 17.0. The summed E-state index contributed by atoms with van der Waals surface area (Å²) in [5.41, 5.74) is 0. The predicted molar refractivity (Wildman–Crippen MR) is 111 cm³/mol. The lowest BCUT2D eigenvalue weighted by Gasteiger charge is -2.33. The Labute approximate surface area is 168 Å². The highest BCUT2D eigenvalue weighted by Gasteiger charge is 2.22. The average molecular weight is 391 g/mol. The molecule has 3 heterocycles. The van der Waals surface area contributed by atoms with E-state index >= 15 is 0 Å². The van der Waals surface area contributed by atoms with Gasteiger partial charge in [0.05, 0.1) is 13.2 Å². The molecule has 8 nitrogen and oxygen atoms in total. The molecule has 2 aliphatic heterocycles. The van der Waals surface area contributed by atoms with E-state index in [0.717, 1.165) is 83.5 Å². The number of carbonyl (C=O) groups is 1. The first kappa shape index (κ1) is 20.8. The van der Waals surface area contributed by atoms with Gasteiger partial charge in [0.1, 0.15) is 18.0 Å². The summed E-state index contributed by atoms with van der Waals surface area (Å²) in [4.78, 5) is 25.6. The second kappa shape index (κ2) is 11.2. The molecule has 2 N–H and O–H groups in total. The van der Waals surface area contributed by atoms with Crippen LogP contribution in [0.3, 0.4) is 0 Å². The first-order valence-corrected chi connectivity index (χ1v) is 10.6. The lowest BCUT2D eigenvalue weighted by atomic mass is 9.93. The molecule has 1 aromatic heterocycles. The van der Waals surface area contributed by atoms with Gasteiger partial charge in [0.25, 0.3) is 0 Å². The van der Waals surface area contributed by atoms with Crippen LogP contribution in [0.4, 0.5) is 11.6 Å². The maximum Gasteiger partial charge on any atom is 0.220 e. The molecule has 2 aliphatic rings. The summed E-state index contributed by atoms with van der Waals surface area (Å²) in [6, 6.07) is 2.02. The van der Waals surface area contributed by atoms with E-state index in [9.17, 15) is 4.79 Å². The van der Waals surface area contributed by atoms with Crippen molar-refractivity contribution in [3.63, 3.8) is 0 Å². The number of hydrogen-bond acceptors (Lipinski definition) is 7. The number of anilines is 2. The summed E-state index contributed by atoms with van der Waals surface area (Å²) in [5.74, 6) is 2.55. The van der Waals surface area contributed by atoms with Gasteiger partial charge in [-0.2, -0.15) is 0 Å². The van der Waals surface area contributed by atoms with E-state index in [2.05, 4.69) is 37.3 Å². The molecule has 28 heavy (non-hydrogen) atoms. The Hall–Kier alpha value is -1.93. The van der Waals surface area contributed by atoms with Crippen LogP contribution in [0.25, 0.3) is 0 Å². The van der Waals surface area contributed by atoms with Gasteiger partial charge in [0.15, 0.2) is 0 Å². The van der Waals surface area contributed by atoms with Crippen molar-refractivity contribution in [2.45, 2.75) is 32.6 Å². The molecule has 0 radical (unpaired) electrons. The van der Waals surface area contributed by atoms with E-state index in [0.29, 0.717) is 12.3 Å². The monoisotopic (exact) mass is 390 g/mol. The maximum atomic E-state index is 12.2. The summed E-state index contributed by atoms with van der Waals surface area (Å²) in [5, 5.41) is 6.31. The summed E-state index contributed by atoms with van der Waals surface area (Å²) in [6.45, 7) is 10.1. The van der Waals surface area contributed by atoms with Crippen molar-refractivity contribution in [3.05, 3.63) is 12.4 Å². The van der Waals surface area contributed by atoms with Crippen molar-refractivity contribution in [1.82, 2.24) is 20.2 Å². The van der Waals surface area contributed by atoms with Crippen molar-refractivity contribution in [2.75, 3.05) is 69.2 Å². The van der Waals surface area contributed by atoms with Crippen LogP contribution in [0.1, 0.15) is 32.6 Å². The number of hydrogen-bond donors (Lipinski definition) is 2. The molecule has 1 aromatic rings. The maximum absolute atomic E-state index is 12.2. The van der Waals surface area contributed by atoms with E-state index in [1.54, 1.807) is 6.33 Å². The van der Waals surface area contributed by atoms with Gasteiger partial charge in [-0.05, 0) is 32.1 Å². The topological polar surface area (TPSA) is 82.6 Å². The molecule has 1 atom stereocenters. The zero-order valence-corrected chi connectivity index (χ0v) is 17.0. The van der Waals surface area contributed by atoms with Crippen molar-refractivity contribution >= 4 is 17.5 Å². The summed E-state index contributed by atoms with van der Waals surface area (Å²) in [7, 11) is 0. The minimum atomic E-state index is 0.168. The molecule has 2 fully saturated rings. The molecule has 8 heteroatoms. The zero-order chi connectivity index (χ0) is 19.6. The van der Waals surface area contributed by atoms with Crippen LogP contribution < -0.4 is 15.5 Å². The minimum absolute atomic E-state index is 0.168. The first-order valence-electron chi connectivity index (χ1n) is 10.6. The van der Waals surface area contributed by atoms with Gasteiger partial charge in [-0.25, -0.2) is 9.97 Å². The number of ether oxygens (including phenoxy) is 1. The molecular weight excluding hydrogens is 356 g/mol. The van der Waals surface area contributed by atoms with Gasteiger partial charge in [0.2, 0.25) is 5.91 Å². The fourth-order valence-electron chi connectivity index (χ4n) is 3.91. The van der Waals surface area contributed by atoms with Gasteiger partial charge in [-0.15, -0.1) is 0 Å². The third-order valence-corrected chi connectivity index (χ3v) is 5.49. The van der Waals surface area contributed by atoms with Crippen molar-refractivity contribution in [1.29, 1.82) is 0 Å². The van der Waals surface area contributed by atoms with Gasteiger partial charge >= 0.3 is 0 Å². The number of nitrogens with one attached hydrogen (secondary N) is 2. The third-order valence-electron chi connectivity index (χ3n) is 5.49. The fraction of sp³-hybridized carbons (Fsp3) is 0.750. The number of amides is 1. The number of nitrogens with zero attached hydrogens (tertiary/aromatic N) is 4. The summed E-state index contributed by atoms with van der Waals surface area (Å²) >= 11 is 0. The van der Waals surface area contributed by atoms with Gasteiger partial charge in [-0.3, -0.25) is 9.69 Å². The van der Waals surface area contributed by atoms with Crippen LogP contribution in [-0.4, -0.2) is 79.8 Å². The highest BCUT2D eigenvalue weighted by atomic mass is 16.5. The normalized spacial score (nSPS) is 20.8. The van der Waals surface area contributed by atoms with E-state index in [-0.39, 0.29) is 5.91 Å². The molecular formula is C20H34N6O2. The lowest BCUT2D eigenvalue weighted by molar-refractivity contribution is -0.121. The Morgan fingerprint density at radius 1 is 1.29 bits per heavy atom. The van der Waals surface area contributed by atoms with E-state index in [1.807, 2.05) is 6.07 Å². The Morgan fingerprint density at radius 3 is 2.96 bits per heavy atom. The molecule has 2 saturated heterocycles. The molecule has 0 bridgehead atoms. The number of carbonyl (C=O) groups excluding carboxylic acids is 1. The van der Waals surface area contributed by atoms with Crippen LogP contribution in [-0.2, 0) is 9.53 Å². The van der Waals surface area contributed by atoms with Crippen LogP contribution in [0.2, 0.25) is 0 Å². The van der Waals surface area contributed by atoms with Crippen LogP contribution in [0.5, 0.6) is 0 Å². The number of piperidine rings is 1.